The third kappa shape index (κ3) is 2.37. The quantitative estimate of drug-likeness (QED) is 0.830. The summed E-state index contributed by atoms with van der Waals surface area (Å²) in [5, 5.41) is 0. The van der Waals surface area contributed by atoms with Crippen LogP contribution in [0.15, 0.2) is 36.7 Å². The van der Waals surface area contributed by atoms with Crippen molar-refractivity contribution in [3.05, 3.63) is 36.7 Å². The van der Waals surface area contributed by atoms with Gasteiger partial charge in [-0.15, -0.1) is 0 Å². The highest BCUT2D eigenvalue weighted by atomic mass is 16.5. The van der Waals surface area contributed by atoms with Crippen molar-refractivity contribution in [3.8, 4) is 28.4 Å². The molecule has 0 saturated carbocycles. The first-order valence-electron chi connectivity index (χ1n) is 5.50. The summed E-state index contributed by atoms with van der Waals surface area (Å²) in [6.07, 6.45) is 3.43. The molecule has 4 heteroatoms. The van der Waals surface area contributed by atoms with E-state index < -0.39 is 0 Å². The van der Waals surface area contributed by atoms with E-state index in [1.54, 1.807) is 33.7 Å². The summed E-state index contributed by atoms with van der Waals surface area (Å²) in [6, 6.07) is 7.54. The first kappa shape index (κ1) is 12.2. The second kappa shape index (κ2) is 5.40. The SMILES string of the molecule is COc1cncc(-c2cc(OC)ccc2OC)c1. The van der Waals surface area contributed by atoms with Crippen LogP contribution in [0.2, 0.25) is 0 Å². The molecule has 1 heterocycles. The first-order valence-corrected chi connectivity index (χ1v) is 5.50. The minimum absolute atomic E-state index is 0.706. The summed E-state index contributed by atoms with van der Waals surface area (Å²) in [6.45, 7) is 0. The minimum atomic E-state index is 0.706. The molecule has 0 saturated heterocycles. The fraction of sp³-hybridized carbons (Fsp3) is 0.214. The summed E-state index contributed by atoms with van der Waals surface area (Å²) in [7, 11) is 4.89. The van der Waals surface area contributed by atoms with E-state index in [4.69, 9.17) is 14.2 Å². The molecule has 0 radical (unpaired) electrons. The monoisotopic (exact) mass is 245 g/mol. The van der Waals surface area contributed by atoms with E-state index in [9.17, 15) is 0 Å². The molecule has 2 rings (SSSR count). The standard InChI is InChI=1S/C14H15NO3/c1-16-11-4-5-14(18-3)13(7-11)10-6-12(17-2)9-15-8-10/h4-9H,1-3H3. The van der Waals surface area contributed by atoms with Gasteiger partial charge in [-0.3, -0.25) is 4.98 Å². The van der Waals surface area contributed by atoms with Gasteiger partial charge in [0, 0.05) is 17.3 Å². The molecule has 94 valence electrons. The van der Waals surface area contributed by atoms with E-state index in [1.165, 1.54) is 0 Å². The highest BCUT2D eigenvalue weighted by molar-refractivity contribution is 5.72. The summed E-state index contributed by atoms with van der Waals surface area (Å²) in [4.78, 5) is 4.14. The van der Waals surface area contributed by atoms with Gasteiger partial charge < -0.3 is 14.2 Å². The molecule has 2 aromatic rings. The normalized spacial score (nSPS) is 9.94. The zero-order chi connectivity index (χ0) is 13.0. The maximum absolute atomic E-state index is 5.35. The molecule has 1 aromatic carbocycles. The Morgan fingerprint density at radius 3 is 2.28 bits per heavy atom. The van der Waals surface area contributed by atoms with Gasteiger partial charge in [0.2, 0.25) is 0 Å². The second-order valence-electron chi connectivity index (χ2n) is 3.68. The predicted octanol–water partition coefficient (Wildman–Crippen LogP) is 2.77. The number of hydrogen-bond donors (Lipinski definition) is 0. The molecule has 0 amide bonds. The average Bonchev–Trinajstić information content (AvgIpc) is 2.46. The molecule has 0 fully saturated rings. The minimum Gasteiger partial charge on any atom is -0.497 e. The van der Waals surface area contributed by atoms with Crippen molar-refractivity contribution in [2.24, 2.45) is 0 Å². The summed E-state index contributed by atoms with van der Waals surface area (Å²) >= 11 is 0. The number of pyridine rings is 1. The molecule has 0 aliphatic rings. The number of aromatic nitrogens is 1. The van der Waals surface area contributed by atoms with Crippen LogP contribution in [0.3, 0.4) is 0 Å². The van der Waals surface area contributed by atoms with Crippen LogP contribution in [0.1, 0.15) is 0 Å². The lowest BCUT2D eigenvalue weighted by Gasteiger charge is -2.11. The van der Waals surface area contributed by atoms with E-state index in [0.717, 1.165) is 22.6 Å². The number of ether oxygens (including phenoxy) is 3. The third-order valence-electron chi connectivity index (χ3n) is 2.67. The molecule has 0 unspecified atom stereocenters. The van der Waals surface area contributed by atoms with Crippen LogP contribution in [0.25, 0.3) is 11.1 Å². The van der Waals surface area contributed by atoms with Crippen LogP contribution in [0, 0.1) is 0 Å². The van der Waals surface area contributed by atoms with Crippen molar-refractivity contribution < 1.29 is 14.2 Å². The molecule has 0 bridgehead atoms. The van der Waals surface area contributed by atoms with Crippen molar-refractivity contribution in [1.82, 2.24) is 4.98 Å². The Balaban J connectivity index is 2.53. The maximum Gasteiger partial charge on any atom is 0.137 e. The number of hydrogen-bond acceptors (Lipinski definition) is 4. The lowest BCUT2D eigenvalue weighted by atomic mass is 10.1. The molecule has 18 heavy (non-hydrogen) atoms. The molecule has 4 nitrogen and oxygen atoms in total. The molecule has 1 aromatic heterocycles. The van der Waals surface area contributed by atoms with Crippen molar-refractivity contribution >= 4 is 0 Å². The summed E-state index contributed by atoms with van der Waals surface area (Å²) < 4.78 is 15.7. The second-order valence-corrected chi connectivity index (χ2v) is 3.68. The van der Waals surface area contributed by atoms with Crippen LogP contribution < -0.4 is 14.2 Å². The topological polar surface area (TPSA) is 40.6 Å². The van der Waals surface area contributed by atoms with E-state index in [0.29, 0.717) is 5.75 Å². The maximum atomic E-state index is 5.35. The Morgan fingerprint density at radius 1 is 0.833 bits per heavy atom. The first-order chi connectivity index (χ1) is 8.78. The fourth-order valence-corrected chi connectivity index (χ4v) is 1.72. The number of nitrogens with zero attached hydrogens (tertiary/aromatic N) is 1. The highest BCUT2D eigenvalue weighted by Gasteiger charge is 2.08. The van der Waals surface area contributed by atoms with Crippen LogP contribution in [-0.2, 0) is 0 Å². The Hall–Kier alpha value is -2.23. The van der Waals surface area contributed by atoms with E-state index >= 15 is 0 Å². The lowest BCUT2D eigenvalue weighted by molar-refractivity contribution is 0.404. The van der Waals surface area contributed by atoms with Crippen LogP contribution in [0.4, 0.5) is 0 Å². The van der Waals surface area contributed by atoms with E-state index in [1.807, 2.05) is 24.3 Å². The Bertz CT molecular complexity index is 540. The Morgan fingerprint density at radius 2 is 1.61 bits per heavy atom. The van der Waals surface area contributed by atoms with Gasteiger partial charge in [0.15, 0.2) is 0 Å². The molecule has 0 aliphatic heterocycles. The molecular formula is C14H15NO3. The van der Waals surface area contributed by atoms with Crippen molar-refractivity contribution in [2.75, 3.05) is 21.3 Å². The smallest absolute Gasteiger partial charge is 0.137 e. The van der Waals surface area contributed by atoms with Gasteiger partial charge in [-0.25, -0.2) is 0 Å². The number of benzene rings is 1. The molecular weight excluding hydrogens is 230 g/mol. The van der Waals surface area contributed by atoms with E-state index in [2.05, 4.69) is 4.98 Å². The van der Waals surface area contributed by atoms with E-state index in [-0.39, 0.29) is 0 Å². The zero-order valence-electron chi connectivity index (χ0n) is 10.6. The van der Waals surface area contributed by atoms with Crippen molar-refractivity contribution in [1.29, 1.82) is 0 Å². The van der Waals surface area contributed by atoms with Gasteiger partial charge in [0.05, 0.1) is 27.5 Å². The summed E-state index contributed by atoms with van der Waals surface area (Å²) in [5.41, 5.74) is 1.84. The number of rotatable bonds is 4. The van der Waals surface area contributed by atoms with Gasteiger partial charge >= 0.3 is 0 Å². The van der Waals surface area contributed by atoms with Gasteiger partial charge in [0.1, 0.15) is 17.2 Å². The van der Waals surface area contributed by atoms with Crippen LogP contribution >= 0.6 is 0 Å². The third-order valence-corrected chi connectivity index (χ3v) is 2.67. The largest absolute Gasteiger partial charge is 0.497 e. The van der Waals surface area contributed by atoms with Gasteiger partial charge in [-0.1, -0.05) is 0 Å². The molecule has 0 spiro atoms. The summed E-state index contributed by atoms with van der Waals surface area (Å²) in [5.74, 6) is 2.25. The van der Waals surface area contributed by atoms with Crippen LogP contribution in [-0.4, -0.2) is 26.3 Å². The van der Waals surface area contributed by atoms with Gasteiger partial charge in [-0.05, 0) is 24.3 Å². The predicted molar refractivity (Wildman–Crippen MR) is 69.3 cm³/mol. The highest BCUT2D eigenvalue weighted by Crippen LogP contribution is 2.34. The van der Waals surface area contributed by atoms with Crippen molar-refractivity contribution in [3.63, 3.8) is 0 Å². The van der Waals surface area contributed by atoms with Crippen molar-refractivity contribution in [2.45, 2.75) is 0 Å². The lowest BCUT2D eigenvalue weighted by Crippen LogP contribution is -1.92. The fourth-order valence-electron chi connectivity index (χ4n) is 1.72. The Kier molecular flexibility index (Phi) is 3.67. The molecule has 0 N–H and O–H groups in total. The number of methoxy groups -OCH3 is 3. The Labute approximate surface area is 106 Å². The van der Waals surface area contributed by atoms with Gasteiger partial charge in [-0.2, -0.15) is 0 Å². The van der Waals surface area contributed by atoms with Crippen LogP contribution in [0.5, 0.6) is 17.2 Å². The molecule has 0 aliphatic carbocycles. The van der Waals surface area contributed by atoms with Gasteiger partial charge in [0.25, 0.3) is 0 Å². The average molecular weight is 245 g/mol. The zero-order valence-corrected chi connectivity index (χ0v) is 10.6. The molecule has 0 atom stereocenters.